The summed E-state index contributed by atoms with van der Waals surface area (Å²) < 4.78 is 5.82. The van der Waals surface area contributed by atoms with Crippen LogP contribution in [0.2, 0.25) is 0 Å². The van der Waals surface area contributed by atoms with Gasteiger partial charge in [0.15, 0.2) is 0 Å². The van der Waals surface area contributed by atoms with Crippen LogP contribution < -0.4 is 5.32 Å². The number of nitrogens with zero attached hydrogens (tertiary/aromatic N) is 1. The lowest BCUT2D eigenvalue weighted by Gasteiger charge is -2.41. The van der Waals surface area contributed by atoms with Crippen LogP contribution in [-0.2, 0) is 4.74 Å². The quantitative estimate of drug-likeness (QED) is 0.810. The van der Waals surface area contributed by atoms with E-state index in [0.29, 0.717) is 5.41 Å². The van der Waals surface area contributed by atoms with E-state index in [1.165, 1.54) is 58.2 Å². The third kappa shape index (κ3) is 3.06. The molecule has 3 heteroatoms. The monoisotopic (exact) mass is 252 g/mol. The fourth-order valence-corrected chi connectivity index (χ4v) is 3.54. The summed E-state index contributed by atoms with van der Waals surface area (Å²) in [5.74, 6) is 0. The highest BCUT2D eigenvalue weighted by molar-refractivity contribution is 4.92. The van der Waals surface area contributed by atoms with Gasteiger partial charge in [0.25, 0.3) is 0 Å². The number of hydrogen-bond donors (Lipinski definition) is 1. The standard InChI is InChI=1S/C15H28N2O/c1-13-4-2-8-17(13)11-15(7-3-9-18-12-15)10-16-14-5-6-14/h13-14,16H,2-12H2,1H3. The largest absolute Gasteiger partial charge is 0.381 e. The van der Waals surface area contributed by atoms with Crippen molar-refractivity contribution in [1.29, 1.82) is 0 Å². The van der Waals surface area contributed by atoms with Crippen molar-refractivity contribution in [3.8, 4) is 0 Å². The Bertz CT molecular complexity index is 272. The normalized spacial score (nSPS) is 38.2. The van der Waals surface area contributed by atoms with Crippen molar-refractivity contribution in [3.05, 3.63) is 0 Å². The van der Waals surface area contributed by atoms with Gasteiger partial charge in [0, 0.05) is 37.2 Å². The molecule has 3 nitrogen and oxygen atoms in total. The van der Waals surface area contributed by atoms with Gasteiger partial charge in [0.2, 0.25) is 0 Å². The fourth-order valence-electron chi connectivity index (χ4n) is 3.54. The molecule has 3 fully saturated rings. The van der Waals surface area contributed by atoms with Crippen molar-refractivity contribution in [2.24, 2.45) is 5.41 Å². The van der Waals surface area contributed by atoms with Crippen LogP contribution in [0, 0.1) is 5.41 Å². The van der Waals surface area contributed by atoms with Gasteiger partial charge in [0.05, 0.1) is 6.61 Å². The molecule has 1 N–H and O–H groups in total. The predicted molar refractivity (Wildman–Crippen MR) is 73.8 cm³/mol. The molecule has 2 saturated heterocycles. The second-order valence-electron chi connectivity index (χ2n) is 6.77. The summed E-state index contributed by atoms with van der Waals surface area (Å²) in [5, 5.41) is 3.75. The topological polar surface area (TPSA) is 24.5 Å². The van der Waals surface area contributed by atoms with E-state index in [9.17, 15) is 0 Å². The minimum Gasteiger partial charge on any atom is -0.381 e. The van der Waals surface area contributed by atoms with E-state index < -0.39 is 0 Å². The highest BCUT2D eigenvalue weighted by Gasteiger charge is 2.38. The Kier molecular flexibility index (Phi) is 3.92. The molecule has 3 aliphatic rings. The van der Waals surface area contributed by atoms with E-state index >= 15 is 0 Å². The molecule has 3 rings (SSSR count). The van der Waals surface area contributed by atoms with Crippen molar-refractivity contribution in [1.82, 2.24) is 10.2 Å². The minimum absolute atomic E-state index is 0.388. The van der Waals surface area contributed by atoms with Crippen LogP contribution in [-0.4, -0.2) is 49.8 Å². The van der Waals surface area contributed by atoms with E-state index in [2.05, 4.69) is 17.1 Å². The number of nitrogens with one attached hydrogen (secondary N) is 1. The van der Waals surface area contributed by atoms with Gasteiger partial charge in [-0.3, -0.25) is 4.90 Å². The Morgan fingerprint density at radius 2 is 2.17 bits per heavy atom. The van der Waals surface area contributed by atoms with E-state index in [1.54, 1.807) is 0 Å². The number of rotatable bonds is 5. The minimum atomic E-state index is 0.388. The van der Waals surface area contributed by atoms with Crippen LogP contribution in [0.15, 0.2) is 0 Å². The summed E-state index contributed by atoms with van der Waals surface area (Å²) in [4.78, 5) is 2.70. The first kappa shape index (κ1) is 12.9. The van der Waals surface area contributed by atoms with Crippen molar-refractivity contribution in [3.63, 3.8) is 0 Å². The lowest BCUT2D eigenvalue weighted by molar-refractivity contribution is -0.0274. The van der Waals surface area contributed by atoms with Gasteiger partial charge in [-0.2, -0.15) is 0 Å². The summed E-state index contributed by atoms with van der Waals surface area (Å²) >= 11 is 0. The fraction of sp³-hybridized carbons (Fsp3) is 1.00. The maximum Gasteiger partial charge on any atom is 0.0546 e. The average Bonchev–Trinajstić information content (AvgIpc) is 3.14. The molecular formula is C15H28N2O. The summed E-state index contributed by atoms with van der Waals surface area (Å²) in [6.45, 7) is 8.04. The van der Waals surface area contributed by atoms with Crippen LogP contribution in [0.4, 0.5) is 0 Å². The zero-order chi connectivity index (χ0) is 12.4. The number of likely N-dealkylation sites (tertiary alicyclic amines) is 1. The van der Waals surface area contributed by atoms with Gasteiger partial charge >= 0.3 is 0 Å². The lowest BCUT2D eigenvalue weighted by Crippen LogP contribution is -2.50. The van der Waals surface area contributed by atoms with E-state index in [4.69, 9.17) is 4.74 Å². The maximum absolute atomic E-state index is 5.82. The molecule has 0 bridgehead atoms. The molecule has 0 aromatic carbocycles. The van der Waals surface area contributed by atoms with E-state index in [0.717, 1.165) is 25.3 Å². The Morgan fingerprint density at radius 1 is 1.28 bits per heavy atom. The van der Waals surface area contributed by atoms with E-state index in [1.807, 2.05) is 0 Å². The van der Waals surface area contributed by atoms with Crippen LogP contribution in [0.1, 0.15) is 45.4 Å². The molecule has 0 amide bonds. The first-order chi connectivity index (χ1) is 8.77. The van der Waals surface area contributed by atoms with Crippen LogP contribution in [0.25, 0.3) is 0 Å². The molecule has 18 heavy (non-hydrogen) atoms. The first-order valence-electron chi connectivity index (χ1n) is 7.83. The van der Waals surface area contributed by atoms with E-state index in [-0.39, 0.29) is 0 Å². The molecule has 0 radical (unpaired) electrons. The predicted octanol–water partition coefficient (Wildman–Crippen LogP) is 2.02. The molecule has 2 heterocycles. The number of ether oxygens (including phenoxy) is 1. The van der Waals surface area contributed by atoms with Gasteiger partial charge in [-0.05, 0) is 52.0 Å². The molecule has 104 valence electrons. The zero-order valence-electron chi connectivity index (χ0n) is 11.8. The van der Waals surface area contributed by atoms with Gasteiger partial charge in [0.1, 0.15) is 0 Å². The highest BCUT2D eigenvalue weighted by Crippen LogP contribution is 2.33. The second kappa shape index (κ2) is 5.48. The lowest BCUT2D eigenvalue weighted by atomic mass is 9.81. The maximum atomic E-state index is 5.82. The second-order valence-corrected chi connectivity index (χ2v) is 6.77. The average molecular weight is 252 g/mol. The van der Waals surface area contributed by atoms with Crippen LogP contribution >= 0.6 is 0 Å². The summed E-state index contributed by atoms with van der Waals surface area (Å²) in [6, 6.07) is 1.60. The molecular weight excluding hydrogens is 224 g/mol. The third-order valence-corrected chi connectivity index (χ3v) is 4.98. The van der Waals surface area contributed by atoms with Gasteiger partial charge in [-0.25, -0.2) is 0 Å². The SMILES string of the molecule is CC1CCCN1CC1(CNC2CC2)CCCOC1. The smallest absolute Gasteiger partial charge is 0.0546 e. The first-order valence-corrected chi connectivity index (χ1v) is 7.83. The van der Waals surface area contributed by atoms with Gasteiger partial charge < -0.3 is 10.1 Å². The molecule has 1 saturated carbocycles. The van der Waals surface area contributed by atoms with Gasteiger partial charge in [-0.15, -0.1) is 0 Å². The van der Waals surface area contributed by atoms with Crippen molar-refractivity contribution < 1.29 is 4.74 Å². The van der Waals surface area contributed by atoms with Crippen molar-refractivity contribution >= 4 is 0 Å². The Labute approximate surface area is 111 Å². The van der Waals surface area contributed by atoms with Crippen molar-refractivity contribution in [2.75, 3.05) is 32.8 Å². The molecule has 1 aliphatic carbocycles. The molecule has 2 atom stereocenters. The Hall–Kier alpha value is -0.120. The summed E-state index contributed by atoms with van der Waals surface area (Å²) in [6.07, 6.45) is 8.12. The Balaban J connectivity index is 1.59. The molecule has 0 spiro atoms. The summed E-state index contributed by atoms with van der Waals surface area (Å²) in [7, 11) is 0. The van der Waals surface area contributed by atoms with Crippen LogP contribution in [0.3, 0.4) is 0 Å². The van der Waals surface area contributed by atoms with Crippen molar-refractivity contribution in [2.45, 2.75) is 57.5 Å². The third-order valence-electron chi connectivity index (χ3n) is 4.98. The molecule has 2 aliphatic heterocycles. The zero-order valence-corrected chi connectivity index (χ0v) is 11.8. The van der Waals surface area contributed by atoms with Gasteiger partial charge in [-0.1, -0.05) is 0 Å². The Morgan fingerprint density at radius 3 is 2.78 bits per heavy atom. The highest BCUT2D eigenvalue weighted by atomic mass is 16.5. The molecule has 2 unspecified atom stereocenters. The van der Waals surface area contributed by atoms with Crippen LogP contribution in [0.5, 0.6) is 0 Å². The molecule has 0 aromatic heterocycles. The molecule has 0 aromatic rings. The number of hydrogen-bond acceptors (Lipinski definition) is 3. The summed E-state index contributed by atoms with van der Waals surface area (Å²) in [5.41, 5.74) is 0.388.